The molecule has 0 saturated carbocycles. The minimum Gasteiger partial charge on any atom is -0.368 e. The molecule has 0 fully saturated rings. The van der Waals surface area contributed by atoms with Gasteiger partial charge < -0.3 is 20.6 Å². The number of hydrogen-bond donors (Lipinski definition) is 2. The normalized spacial score (nSPS) is 13.2. The van der Waals surface area contributed by atoms with Gasteiger partial charge in [-0.05, 0) is 18.9 Å². The van der Waals surface area contributed by atoms with Gasteiger partial charge in [-0.15, -0.1) is 0 Å². The zero-order chi connectivity index (χ0) is 15.8. The summed E-state index contributed by atoms with van der Waals surface area (Å²) in [5, 5.41) is 2.53. The number of carbonyl (C=O) groups excluding carboxylic acids is 3. The Labute approximate surface area is 123 Å². The van der Waals surface area contributed by atoms with E-state index >= 15 is 0 Å². The van der Waals surface area contributed by atoms with E-state index < -0.39 is 24.0 Å². The average Bonchev–Trinajstić information content (AvgIpc) is 2.44. The molecule has 0 aliphatic carbocycles. The molecule has 1 rings (SSSR count). The van der Waals surface area contributed by atoms with Crippen LogP contribution in [0.5, 0.6) is 0 Å². The number of carbonyl (C=O) groups is 3. The Hall–Kier alpha value is -2.21. The fourth-order valence-corrected chi connectivity index (χ4v) is 1.90. The summed E-state index contributed by atoms with van der Waals surface area (Å²) in [5.74, 6) is -1.20. The topological polar surface area (TPSA) is 98.5 Å². The van der Waals surface area contributed by atoms with Crippen LogP contribution in [0.4, 0.5) is 0 Å². The molecule has 3 N–H and O–H groups in total. The quantitative estimate of drug-likeness (QED) is 0.737. The lowest BCUT2D eigenvalue weighted by atomic mass is 10.1. The summed E-state index contributed by atoms with van der Waals surface area (Å²) in [6.45, 7) is 1.42. The SMILES string of the molecule is CO[C@H](C(=O)N[C@H](CCC(C)=O)C(N)=O)c1ccccc1. The lowest BCUT2D eigenvalue weighted by Gasteiger charge is -2.20. The molecule has 2 atom stereocenters. The summed E-state index contributed by atoms with van der Waals surface area (Å²) < 4.78 is 5.17. The van der Waals surface area contributed by atoms with Crippen molar-refractivity contribution in [2.45, 2.75) is 31.9 Å². The number of Topliss-reactive ketones (excluding diaryl/α,β-unsaturated/α-hetero) is 1. The van der Waals surface area contributed by atoms with Gasteiger partial charge in [-0.3, -0.25) is 9.59 Å². The molecular formula is C15H20N2O4. The molecule has 1 aromatic rings. The van der Waals surface area contributed by atoms with Crippen molar-refractivity contribution < 1.29 is 19.1 Å². The molecule has 21 heavy (non-hydrogen) atoms. The van der Waals surface area contributed by atoms with E-state index in [9.17, 15) is 14.4 Å². The molecular weight excluding hydrogens is 272 g/mol. The van der Waals surface area contributed by atoms with Crippen molar-refractivity contribution in [1.29, 1.82) is 0 Å². The summed E-state index contributed by atoms with van der Waals surface area (Å²) in [4.78, 5) is 34.5. The minimum atomic E-state index is -0.886. The largest absolute Gasteiger partial charge is 0.368 e. The van der Waals surface area contributed by atoms with Crippen LogP contribution in [0.3, 0.4) is 0 Å². The minimum absolute atomic E-state index is 0.0677. The Bertz CT molecular complexity index is 502. The number of benzene rings is 1. The van der Waals surface area contributed by atoms with E-state index in [1.807, 2.05) is 6.07 Å². The van der Waals surface area contributed by atoms with Gasteiger partial charge in [0.1, 0.15) is 11.8 Å². The van der Waals surface area contributed by atoms with E-state index in [4.69, 9.17) is 10.5 Å². The van der Waals surface area contributed by atoms with Gasteiger partial charge in [0.05, 0.1) is 0 Å². The lowest BCUT2D eigenvalue weighted by molar-refractivity contribution is -0.135. The first kappa shape index (κ1) is 16.8. The smallest absolute Gasteiger partial charge is 0.254 e. The van der Waals surface area contributed by atoms with Gasteiger partial charge in [-0.2, -0.15) is 0 Å². The standard InChI is InChI=1S/C15H20N2O4/c1-10(18)8-9-12(14(16)19)17-15(20)13(21-2)11-6-4-3-5-7-11/h3-7,12-13H,8-9H2,1-2H3,(H2,16,19)(H,17,20)/t12-,13+/m1/s1. The molecule has 0 unspecified atom stereocenters. The van der Waals surface area contributed by atoms with Crippen molar-refractivity contribution in [3.8, 4) is 0 Å². The van der Waals surface area contributed by atoms with E-state index in [1.54, 1.807) is 24.3 Å². The molecule has 0 aliphatic rings. The van der Waals surface area contributed by atoms with Crippen molar-refractivity contribution >= 4 is 17.6 Å². The number of nitrogens with two attached hydrogens (primary N) is 1. The highest BCUT2D eigenvalue weighted by molar-refractivity contribution is 5.89. The molecule has 0 heterocycles. The molecule has 2 amide bonds. The summed E-state index contributed by atoms with van der Waals surface area (Å²) in [6.07, 6.45) is -0.469. The second-order valence-electron chi connectivity index (χ2n) is 4.73. The van der Waals surface area contributed by atoms with E-state index in [2.05, 4.69) is 5.32 Å². The Morgan fingerprint density at radius 2 is 1.86 bits per heavy atom. The molecule has 0 aromatic heterocycles. The molecule has 0 saturated heterocycles. The molecule has 0 bridgehead atoms. The number of rotatable bonds is 8. The highest BCUT2D eigenvalue weighted by Crippen LogP contribution is 2.16. The number of methoxy groups -OCH3 is 1. The van der Waals surface area contributed by atoms with Gasteiger partial charge in [-0.25, -0.2) is 0 Å². The van der Waals surface area contributed by atoms with Gasteiger partial charge in [0.2, 0.25) is 5.91 Å². The van der Waals surface area contributed by atoms with Crippen molar-refractivity contribution in [2.24, 2.45) is 5.73 Å². The number of primary amides is 1. The third-order valence-corrected chi connectivity index (χ3v) is 3.02. The van der Waals surface area contributed by atoms with E-state index in [-0.39, 0.29) is 18.6 Å². The molecule has 6 nitrogen and oxygen atoms in total. The van der Waals surface area contributed by atoms with Gasteiger partial charge >= 0.3 is 0 Å². The summed E-state index contributed by atoms with van der Waals surface area (Å²) in [6, 6.07) is 8.02. The maximum Gasteiger partial charge on any atom is 0.254 e. The summed E-state index contributed by atoms with van der Waals surface area (Å²) in [7, 11) is 1.41. The lowest BCUT2D eigenvalue weighted by Crippen LogP contribution is -2.46. The third-order valence-electron chi connectivity index (χ3n) is 3.02. The van der Waals surface area contributed by atoms with Gasteiger partial charge in [0.15, 0.2) is 6.10 Å². The molecule has 1 aromatic carbocycles. The summed E-state index contributed by atoms with van der Waals surface area (Å²) >= 11 is 0. The van der Waals surface area contributed by atoms with Gasteiger partial charge in [0, 0.05) is 13.5 Å². The Balaban J connectivity index is 2.75. The van der Waals surface area contributed by atoms with E-state index in [0.717, 1.165) is 0 Å². The number of ketones is 1. The first-order valence-electron chi connectivity index (χ1n) is 6.62. The van der Waals surface area contributed by atoms with Gasteiger partial charge in [0.25, 0.3) is 5.91 Å². The van der Waals surface area contributed by atoms with Crippen LogP contribution in [0.2, 0.25) is 0 Å². The van der Waals surface area contributed by atoms with Crippen molar-refractivity contribution in [3.63, 3.8) is 0 Å². The van der Waals surface area contributed by atoms with Gasteiger partial charge in [-0.1, -0.05) is 30.3 Å². The maximum absolute atomic E-state index is 12.2. The second kappa shape index (κ2) is 8.16. The van der Waals surface area contributed by atoms with Crippen LogP contribution in [0, 0.1) is 0 Å². The maximum atomic E-state index is 12.2. The molecule has 0 radical (unpaired) electrons. The monoisotopic (exact) mass is 292 g/mol. The van der Waals surface area contributed by atoms with Crippen LogP contribution in [-0.2, 0) is 19.1 Å². The molecule has 0 spiro atoms. The molecule has 6 heteroatoms. The first-order chi connectivity index (χ1) is 9.95. The number of ether oxygens (including phenoxy) is 1. The van der Waals surface area contributed by atoms with Crippen molar-refractivity contribution in [3.05, 3.63) is 35.9 Å². The zero-order valence-electron chi connectivity index (χ0n) is 12.2. The number of amides is 2. The second-order valence-corrected chi connectivity index (χ2v) is 4.73. The molecule has 114 valence electrons. The highest BCUT2D eigenvalue weighted by Gasteiger charge is 2.25. The van der Waals surface area contributed by atoms with Crippen LogP contribution in [0.1, 0.15) is 31.4 Å². The first-order valence-corrected chi connectivity index (χ1v) is 6.62. The summed E-state index contributed by atoms with van der Waals surface area (Å²) in [5.41, 5.74) is 5.92. The van der Waals surface area contributed by atoms with Crippen molar-refractivity contribution in [1.82, 2.24) is 5.32 Å². The van der Waals surface area contributed by atoms with Crippen LogP contribution in [-0.4, -0.2) is 30.7 Å². The van der Waals surface area contributed by atoms with E-state index in [1.165, 1.54) is 14.0 Å². The number of nitrogens with one attached hydrogen (secondary N) is 1. The fourth-order valence-electron chi connectivity index (χ4n) is 1.90. The van der Waals surface area contributed by atoms with Crippen LogP contribution >= 0.6 is 0 Å². The third kappa shape index (κ3) is 5.35. The highest BCUT2D eigenvalue weighted by atomic mass is 16.5. The average molecular weight is 292 g/mol. The predicted molar refractivity (Wildman–Crippen MR) is 77.2 cm³/mol. The van der Waals surface area contributed by atoms with Crippen molar-refractivity contribution in [2.75, 3.05) is 7.11 Å². The Morgan fingerprint density at radius 1 is 1.24 bits per heavy atom. The van der Waals surface area contributed by atoms with Crippen LogP contribution < -0.4 is 11.1 Å². The number of hydrogen-bond acceptors (Lipinski definition) is 4. The Morgan fingerprint density at radius 3 is 2.33 bits per heavy atom. The van der Waals surface area contributed by atoms with Crippen LogP contribution in [0.25, 0.3) is 0 Å². The van der Waals surface area contributed by atoms with Crippen LogP contribution in [0.15, 0.2) is 30.3 Å². The fraction of sp³-hybridized carbons (Fsp3) is 0.400. The zero-order valence-corrected chi connectivity index (χ0v) is 12.2. The molecule has 0 aliphatic heterocycles. The predicted octanol–water partition coefficient (Wildman–Crippen LogP) is 0.713. The van der Waals surface area contributed by atoms with E-state index in [0.29, 0.717) is 5.56 Å². The Kier molecular flexibility index (Phi) is 6.55.